The Morgan fingerprint density at radius 1 is 1.77 bits per heavy atom. The maximum absolute atomic E-state index is 8.28. The molecular weight excluding hydrogens is 210 g/mol. The van der Waals surface area contributed by atoms with Gasteiger partial charge in [-0.1, -0.05) is 28.5 Å². The molecule has 0 saturated carbocycles. The van der Waals surface area contributed by atoms with Gasteiger partial charge in [-0.05, 0) is 12.1 Å². The number of pyridine rings is 1. The first-order valence-corrected chi connectivity index (χ1v) is 4.80. The summed E-state index contributed by atoms with van der Waals surface area (Å²) in [5, 5.41) is 12.4. The molecule has 0 fully saturated rings. The standard InChI is InChI=1S/C7H8ClN3OS/c8-5-2-1-3-10-7(5)13-4-6(9)11-12/h1-3,12H,4H2,(H2,9,11). The number of rotatable bonds is 3. The summed E-state index contributed by atoms with van der Waals surface area (Å²) in [5.41, 5.74) is 5.28. The molecule has 6 heteroatoms. The van der Waals surface area contributed by atoms with Crippen LogP contribution in [0.2, 0.25) is 5.02 Å². The Balaban J connectivity index is 2.60. The zero-order chi connectivity index (χ0) is 9.68. The molecule has 0 saturated heterocycles. The lowest BCUT2D eigenvalue weighted by Crippen LogP contribution is -2.14. The van der Waals surface area contributed by atoms with Crippen LogP contribution in [0.25, 0.3) is 0 Å². The second kappa shape index (κ2) is 4.94. The van der Waals surface area contributed by atoms with Gasteiger partial charge in [-0.2, -0.15) is 0 Å². The van der Waals surface area contributed by atoms with Crippen molar-refractivity contribution in [2.24, 2.45) is 10.9 Å². The van der Waals surface area contributed by atoms with Crippen LogP contribution < -0.4 is 5.73 Å². The third-order valence-corrected chi connectivity index (χ3v) is 2.67. The van der Waals surface area contributed by atoms with Gasteiger partial charge in [0.2, 0.25) is 0 Å². The summed E-state index contributed by atoms with van der Waals surface area (Å²) < 4.78 is 0. The summed E-state index contributed by atoms with van der Waals surface area (Å²) in [6.45, 7) is 0. The molecule has 0 amide bonds. The van der Waals surface area contributed by atoms with Crippen LogP contribution in [0.15, 0.2) is 28.5 Å². The van der Waals surface area contributed by atoms with E-state index < -0.39 is 0 Å². The summed E-state index contributed by atoms with van der Waals surface area (Å²) in [6, 6.07) is 3.49. The molecule has 0 aromatic carbocycles. The Bertz CT molecular complexity index is 318. The van der Waals surface area contributed by atoms with Crippen molar-refractivity contribution in [2.75, 3.05) is 5.75 Å². The third-order valence-electron chi connectivity index (χ3n) is 1.21. The SMILES string of the molecule is NC(CSc1ncccc1Cl)=NO. The van der Waals surface area contributed by atoms with Crippen LogP contribution in [-0.4, -0.2) is 21.8 Å². The van der Waals surface area contributed by atoms with Gasteiger partial charge in [0.1, 0.15) is 10.9 Å². The fourth-order valence-corrected chi connectivity index (χ4v) is 1.62. The Kier molecular flexibility index (Phi) is 3.85. The largest absolute Gasteiger partial charge is 0.409 e. The van der Waals surface area contributed by atoms with Crippen LogP contribution in [0.3, 0.4) is 0 Å². The van der Waals surface area contributed by atoms with Gasteiger partial charge in [0.25, 0.3) is 0 Å². The molecule has 0 aliphatic carbocycles. The van der Waals surface area contributed by atoms with E-state index in [1.807, 2.05) is 0 Å². The van der Waals surface area contributed by atoms with E-state index in [-0.39, 0.29) is 5.84 Å². The van der Waals surface area contributed by atoms with Gasteiger partial charge in [0.15, 0.2) is 0 Å². The molecule has 3 N–H and O–H groups in total. The molecule has 0 radical (unpaired) electrons. The van der Waals surface area contributed by atoms with Crippen molar-refractivity contribution in [3.05, 3.63) is 23.4 Å². The van der Waals surface area contributed by atoms with Crippen molar-refractivity contribution < 1.29 is 5.21 Å². The molecule has 0 aliphatic rings. The Hall–Kier alpha value is -0.940. The number of oxime groups is 1. The van der Waals surface area contributed by atoms with Crippen molar-refractivity contribution in [1.29, 1.82) is 0 Å². The average molecular weight is 218 g/mol. The number of thioether (sulfide) groups is 1. The van der Waals surface area contributed by atoms with Crippen LogP contribution in [0, 0.1) is 0 Å². The Morgan fingerprint density at radius 3 is 3.15 bits per heavy atom. The molecule has 0 unspecified atom stereocenters. The summed E-state index contributed by atoms with van der Waals surface area (Å²) in [6.07, 6.45) is 1.64. The van der Waals surface area contributed by atoms with Gasteiger partial charge in [-0.3, -0.25) is 0 Å². The van der Waals surface area contributed by atoms with Crippen LogP contribution in [-0.2, 0) is 0 Å². The highest BCUT2D eigenvalue weighted by atomic mass is 35.5. The number of nitrogens with two attached hydrogens (primary N) is 1. The molecule has 13 heavy (non-hydrogen) atoms. The lowest BCUT2D eigenvalue weighted by atomic mass is 10.5. The van der Waals surface area contributed by atoms with E-state index >= 15 is 0 Å². The third kappa shape index (κ3) is 3.12. The maximum Gasteiger partial charge on any atom is 0.149 e. The van der Waals surface area contributed by atoms with Crippen LogP contribution in [0.5, 0.6) is 0 Å². The van der Waals surface area contributed by atoms with E-state index in [0.717, 1.165) is 0 Å². The van der Waals surface area contributed by atoms with Crippen molar-refractivity contribution in [1.82, 2.24) is 4.98 Å². The summed E-state index contributed by atoms with van der Waals surface area (Å²) in [4.78, 5) is 4.02. The molecule has 0 spiro atoms. The molecule has 1 aromatic rings. The first kappa shape index (κ1) is 10.1. The smallest absolute Gasteiger partial charge is 0.149 e. The van der Waals surface area contributed by atoms with E-state index in [0.29, 0.717) is 15.8 Å². The predicted octanol–water partition coefficient (Wildman–Crippen LogP) is 1.57. The van der Waals surface area contributed by atoms with Gasteiger partial charge in [-0.25, -0.2) is 4.98 Å². The normalized spacial score (nSPS) is 11.6. The number of halogens is 1. The molecule has 0 atom stereocenters. The first-order chi connectivity index (χ1) is 6.24. The van der Waals surface area contributed by atoms with Gasteiger partial charge in [0.05, 0.1) is 10.8 Å². The van der Waals surface area contributed by atoms with E-state index in [4.69, 9.17) is 22.5 Å². The summed E-state index contributed by atoms with van der Waals surface area (Å²) in [7, 11) is 0. The van der Waals surface area contributed by atoms with E-state index in [2.05, 4.69) is 10.1 Å². The lowest BCUT2D eigenvalue weighted by Gasteiger charge is -2.00. The summed E-state index contributed by atoms with van der Waals surface area (Å²) >= 11 is 7.15. The van der Waals surface area contributed by atoms with Crippen molar-refractivity contribution in [3.63, 3.8) is 0 Å². The number of nitrogens with zero attached hydrogens (tertiary/aromatic N) is 2. The minimum absolute atomic E-state index is 0.145. The van der Waals surface area contributed by atoms with Crippen molar-refractivity contribution in [3.8, 4) is 0 Å². The van der Waals surface area contributed by atoms with Gasteiger partial charge < -0.3 is 10.9 Å². The quantitative estimate of drug-likeness (QED) is 0.265. The zero-order valence-corrected chi connectivity index (χ0v) is 8.22. The van der Waals surface area contributed by atoms with Gasteiger partial charge in [-0.15, -0.1) is 0 Å². The number of hydrogen-bond donors (Lipinski definition) is 2. The van der Waals surface area contributed by atoms with Crippen LogP contribution in [0.4, 0.5) is 0 Å². The molecule has 70 valence electrons. The molecule has 0 aliphatic heterocycles. The number of aromatic nitrogens is 1. The molecular formula is C7H8ClN3OS. The minimum Gasteiger partial charge on any atom is -0.409 e. The molecule has 0 bridgehead atoms. The molecule has 1 aromatic heterocycles. The van der Waals surface area contributed by atoms with Crippen LogP contribution in [0.1, 0.15) is 0 Å². The second-order valence-electron chi connectivity index (χ2n) is 2.17. The van der Waals surface area contributed by atoms with E-state index in [9.17, 15) is 0 Å². The monoisotopic (exact) mass is 217 g/mol. The summed E-state index contributed by atoms with van der Waals surface area (Å²) in [5.74, 6) is 0.513. The Morgan fingerprint density at radius 2 is 2.54 bits per heavy atom. The van der Waals surface area contributed by atoms with Gasteiger partial charge in [0, 0.05) is 6.20 Å². The van der Waals surface area contributed by atoms with E-state index in [1.165, 1.54) is 11.8 Å². The first-order valence-electron chi connectivity index (χ1n) is 3.43. The zero-order valence-electron chi connectivity index (χ0n) is 6.64. The highest BCUT2D eigenvalue weighted by molar-refractivity contribution is 8.00. The van der Waals surface area contributed by atoms with E-state index in [1.54, 1.807) is 18.3 Å². The molecule has 4 nitrogen and oxygen atoms in total. The average Bonchev–Trinajstić information content (AvgIpc) is 2.16. The second-order valence-corrected chi connectivity index (χ2v) is 3.54. The predicted molar refractivity (Wildman–Crippen MR) is 53.4 cm³/mol. The van der Waals surface area contributed by atoms with Crippen molar-refractivity contribution >= 4 is 29.2 Å². The highest BCUT2D eigenvalue weighted by Gasteiger charge is 2.02. The Labute approximate surface area is 84.8 Å². The fraction of sp³-hybridized carbons (Fsp3) is 0.143. The van der Waals surface area contributed by atoms with Crippen molar-refractivity contribution in [2.45, 2.75) is 5.03 Å². The highest BCUT2D eigenvalue weighted by Crippen LogP contribution is 2.23. The van der Waals surface area contributed by atoms with Crippen LogP contribution >= 0.6 is 23.4 Å². The minimum atomic E-state index is 0.145. The fourth-order valence-electron chi connectivity index (χ4n) is 0.649. The maximum atomic E-state index is 8.28. The van der Waals surface area contributed by atoms with Gasteiger partial charge >= 0.3 is 0 Å². The molecule has 1 heterocycles. The number of hydrogen-bond acceptors (Lipinski definition) is 4. The lowest BCUT2D eigenvalue weighted by molar-refractivity contribution is 0.318. The topological polar surface area (TPSA) is 71.5 Å². The number of amidine groups is 1. The molecule has 1 rings (SSSR count).